The van der Waals surface area contributed by atoms with E-state index >= 15 is 0 Å². The Morgan fingerprint density at radius 2 is 2.00 bits per heavy atom. The van der Waals surface area contributed by atoms with Crippen LogP contribution in [0, 0.1) is 20.8 Å². The molecule has 2 rings (SSSR count). The van der Waals surface area contributed by atoms with Gasteiger partial charge in [0.1, 0.15) is 0 Å². The van der Waals surface area contributed by atoms with Crippen molar-refractivity contribution in [1.29, 1.82) is 0 Å². The summed E-state index contributed by atoms with van der Waals surface area (Å²) in [6.45, 7) is 7.47. The summed E-state index contributed by atoms with van der Waals surface area (Å²) in [5.74, 6) is 1.31. The van der Waals surface area contributed by atoms with Gasteiger partial charge in [-0.1, -0.05) is 28.9 Å². The van der Waals surface area contributed by atoms with Gasteiger partial charge in [0.15, 0.2) is 5.82 Å². The predicted molar refractivity (Wildman–Crippen MR) is 65.5 cm³/mol. The van der Waals surface area contributed by atoms with Gasteiger partial charge >= 0.3 is 0 Å². The average molecular weight is 231 g/mol. The highest BCUT2D eigenvalue weighted by molar-refractivity contribution is 5.30. The fourth-order valence-electron chi connectivity index (χ4n) is 1.71. The van der Waals surface area contributed by atoms with E-state index in [1.165, 1.54) is 16.7 Å². The predicted octanol–water partition coefficient (Wildman–Crippen LogP) is 2.28. The van der Waals surface area contributed by atoms with E-state index in [2.05, 4.69) is 47.5 Å². The van der Waals surface area contributed by atoms with Crippen LogP contribution in [0.1, 0.15) is 28.4 Å². The lowest BCUT2D eigenvalue weighted by Crippen LogP contribution is -2.14. The van der Waals surface area contributed by atoms with E-state index in [9.17, 15) is 0 Å². The summed E-state index contributed by atoms with van der Waals surface area (Å²) in [6.07, 6.45) is 0. The first-order valence-electron chi connectivity index (χ1n) is 5.71. The second-order valence-electron chi connectivity index (χ2n) is 4.26. The molecule has 0 atom stereocenters. The first kappa shape index (κ1) is 11.8. The van der Waals surface area contributed by atoms with Crippen LogP contribution in [-0.2, 0) is 13.1 Å². The van der Waals surface area contributed by atoms with Gasteiger partial charge in [-0.3, -0.25) is 0 Å². The molecule has 0 radical (unpaired) electrons. The molecule has 0 fully saturated rings. The van der Waals surface area contributed by atoms with Crippen molar-refractivity contribution in [2.75, 3.05) is 0 Å². The fourth-order valence-corrected chi connectivity index (χ4v) is 1.71. The topological polar surface area (TPSA) is 51.0 Å². The zero-order chi connectivity index (χ0) is 12.3. The van der Waals surface area contributed by atoms with Crippen LogP contribution in [0.2, 0.25) is 0 Å². The number of hydrogen-bond acceptors (Lipinski definition) is 4. The van der Waals surface area contributed by atoms with Crippen LogP contribution < -0.4 is 5.32 Å². The van der Waals surface area contributed by atoms with Gasteiger partial charge in [0, 0.05) is 13.5 Å². The van der Waals surface area contributed by atoms with E-state index < -0.39 is 0 Å². The second kappa shape index (κ2) is 5.10. The smallest absolute Gasteiger partial charge is 0.223 e. The van der Waals surface area contributed by atoms with Crippen molar-refractivity contribution in [3.63, 3.8) is 0 Å². The molecule has 0 aliphatic carbocycles. The molecule has 0 amide bonds. The summed E-state index contributed by atoms with van der Waals surface area (Å²) < 4.78 is 4.91. The molecule has 0 spiro atoms. The molecule has 0 aliphatic heterocycles. The largest absolute Gasteiger partial charge is 0.340 e. The van der Waals surface area contributed by atoms with Gasteiger partial charge in [-0.05, 0) is 25.0 Å². The van der Waals surface area contributed by atoms with Gasteiger partial charge in [-0.15, -0.1) is 0 Å². The van der Waals surface area contributed by atoms with Crippen molar-refractivity contribution in [3.8, 4) is 0 Å². The molecule has 2 aromatic rings. The highest BCUT2D eigenvalue weighted by Gasteiger charge is 2.02. The van der Waals surface area contributed by atoms with Crippen LogP contribution in [0.4, 0.5) is 0 Å². The van der Waals surface area contributed by atoms with Crippen LogP contribution in [0.25, 0.3) is 0 Å². The fraction of sp³-hybridized carbons (Fsp3) is 0.385. The maximum absolute atomic E-state index is 4.91. The minimum Gasteiger partial charge on any atom is -0.340 e. The van der Waals surface area contributed by atoms with Crippen LogP contribution >= 0.6 is 0 Å². The Labute approximate surface area is 101 Å². The maximum atomic E-state index is 4.91. The molecular formula is C13H17N3O. The van der Waals surface area contributed by atoms with E-state index in [0.29, 0.717) is 18.3 Å². The van der Waals surface area contributed by atoms with Crippen LogP contribution in [0.5, 0.6) is 0 Å². The number of aromatic nitrogens is 2. The molecule has 1 aromatic carbocycles. The molecule has 4 heteroatoms. The lowest BCUT2D eigenvalue weighted by atomic mass is 10.1. The normalized spacial score (nSPS) is 10.8. The van der Waals surface area contributed by atoms with Crippen LogP contribution in [0.15, 0.2) is 22.7 Å². The average Bonchev–Trinajstić information content (AvgIpc) is 2.69. The number of nitrogens with zero attached hydrogens (tertiary/aromatic N) is 2. The van der Waals surface area contributed by atoms with Gasteiger partial charge < -0.3 is 9.84 Å². The van der Waals surface area contributed by atoms with Gasteiger partial charge in [-0.2, -0.15) is 4.98 Å². The molecule has 1 heterocycles. The summed E-state index contributed by atoms with van der Waals surface area (Å²) >= 11 is 0. The first-order chi connectivity index (χ1) is 8.15. The number of hydrogen-bond donors (Lipinski definition) is 1. The quantitative estimate of drug-likeness (QED) is 0.877. The zero-order valence-corrected chi connectivity index (χ0v) is 10.4. The summed E-state index contributed by atoms with van der Waals surface area (Å²) in [5, 5.41) is 7.15. The molecular weight excluding hydrogens is 214 g/mol. The number of rotatable bonds is 4. The second-order valence-corrected chi connectivity index (χ2v) is 4.26. The Morgan fingerprint density at radius 1 is 1.18 bits per heavy atom. The molecule has 17 heavy (non-hydrogen) atoms. The molecule has 0 bridgehead atoms. The van der Waals surface area contributed by atoms with E-state index in [4.69, 9.17) is 4.52 Å². The standard InChI is InChI=1S/C13H17N3O/c1-9-4-5-10(2)12(6-9)7-14-8-13-15-11(3)17-16-13/h4-6,14H,7-8H2,1-3H3. The van der Waals surface area contributed by atoms with Crippen molar-refractivity contribution < 1.29 is 4.52 Å². The third-order valence-electron chi connectivity index (χ3n) is 2.67. The van der Waals surface area contributed by atoms with Crippen molar-refractivity contribution in [2.24, 2.45) is 0 Å². The van der Waals surface area contributed by atoms with Gasteiger partial charge in [0.2, 0.25) is 5.89 Å². The van der Waals surface area contributed by atoms with Crippen molar-refractivity contribution in [3.05, 3.63) is 46.6 Å². The Hall–Kier alpha value is -1.68. The minimum absolute atomic E-state index is 0.605. The van der Waals surface area contributed by atoms with Crippen molar-refractivity contribution >= 4 is 0 Å². The molecule has 0 saturated heterocycles. The third kappa shape index (κ3) is 3.14. The van der Waals surface area contributed by atoms with Crippen LogP contribution in [-0.4, -0.2) is 10.1 Å². The van der Waals surface area contributed by atoms with E-state index in [-0.39, 0.29) is 0 Å². The Kier molecular flexibility index (Phi) is 3.54. The minimum atomic E-state index is 0.605. The number of benzene rings is 1. The third-order valence-corrected chi connectivity index (χ3v) is 2.67. The monoisotopic (exact) mass is 231 g/mol. The van der Waals surface area contributed by atoms with Crippen molar-refractivity contribution in [2.45, 2.75) is 33.9 Å². The first-order valence-corrected chi connectivity index (χ1v) is 5.71. The molecule has 4 nitrogen and oxygen atoms in total. The van der Waals surface area contributed by atoms with E-state index in [0.717, 1.165) is 6.54 Å². The molecule has 0 aliphatic rings. The summed E-state index contributed by atoms with van der Waals surface area (Å²) in [5.41, 5.74) is 3.89. The summed E-state index contributed by atoms with van der Waals surface area (Å²) in [6, 6.07) is 6.47. The highest BCUT2D eigenvalue weighted by Crippen LogP contribution is 2.10. The molecule has 1 N–H and O–H groups in total. The molecule has 1 aromatic heterocycles. The van der Waals surface area contributed by atoms with Crippen LogP contribution in [0.3, 0.4) is 0 Å². The Morgan fingerprint density at radius 3 is 2.71 bits per heavy atom. The highest BCUT2D eigenvalue weighted by atomic mass is 16.5. The molecule has 90 valence electrons. The Balaban J connectivity index is 1.91. The van der Waals surface area contributed by atoms with E-state index in [1.54, 1.807) is 6.92 Å². The molecule has 0 unspecified atom stereocenters. The van der Waals surface area contributed by atoms with Gasteiger partial charge in [0.25, 0.3) is 0 Å². The Bertz CT molecular complexity index is 505. The number of nitrogens with one attached hydrogen (secondary N) is 1. The SMILES string of the molecule is Cc1ccc(C)c(CNCc2noc(C)n2)c1. The van der Waals surface area contributed by atoms with Gasteiger partial charge in [-0.25, -0.2) is 0 Å². The summed E-state index contributed by atoms with van der Waals surface area (Å²) in [7, 11) is 0. The lowest BCUT2D eigenvalue weighted by Gasteiger charge is -2.07. The summed E-state index contributed by atoms with van der Waals surface area (Å²) in [4.78, 5) is 4.14. The van der Waals surface area contributed by atoms with Gasteiger partial charge in [0.05, 0.1) is 6.54 Å². The maximum Gasteiger partial charge on any atom is 0.223 e. The van der Waals surface area contributed by atoms with E-state index in [1.807, 2.05) is 0 Å². The number of aryl methyl sites for hydroxylation is 3. The zero-order valence-electron chi connectivity index (χ0n) is 10.4. The lowest BCUT2D eigenvalue weighted by molar-refractivity contribution is 0.385. The van der Waals surface area contributed by atoms with Crippen molar-refractivity contribution in [1.82, 2.24) is 15.5 Å². The molecule has 0 saturated carbocycles.